The third kappa shape index (κ3) is 2.38. The molecular formula is C11H7BrN4O2. The van der Waals surface area contributed by atoms with Gasteiger partial charge in [-0.2, -0.15) is 5.26 Å². The molecule has 2 heterocycles. The fourth-order valence-electron chi connectivity index (χ4n) is 1.45. The maximum Gasteiger partial charge on any atom is 0.328 e. The first-order valence-corrected chi connectivity index (χ1v) is 5.74. The van der Waals surface area contributed by atoms with Crippen LogP contribution in [0.25, 0.3) is 0 Å². The van der Waals surface area contributed by atoms with Crippen LogP contribution in [0.3, 0.4) is 0 Å². The predicted octanol–water partition coefficient (Wildman–Crippen LogP) is 0.614. The van der Waals surface area contributed by atoms with Gasteiger partial charge in [0.1, 0.15) is 11.8 Å². The van der Waals surface area contributed by atoms with E-state index in [1.807, 2.05) is 6.07 Å². The summed E-state index contributed by atoms with van der Waals surface area (Å²) in [5.74, 6) is 0. The summed E-state index contributed by atoms with van der Waals surface area (Å²) >= 11 is 3.05. The first-order chi connectivity index (χ1) is 8.61. The average Bonchev–Trinajstić information content (AvgIpc) is 2.36. The lowest BCUT2D eigenvalue weighted by Gasteiger charge is -2.06. The van der Waals surface area contributed by atoms with E-state index >= 15 is 0 Å². The van der Waals surface area contributed by atoms with Crippen LogP contribution in [0.2, 0.25) is 0 Å². The highest BCUT2D eigenvalue weighted by Gasteiger charge is 2.06. The van der Waals surface area contributed by atoms with E-state index in [0.717, 1.165) is 0 Å². The highest BCUT2D eigenvalue weighted by molar-refractivity contribution is 9.10. The molecule has 0 saturated heterocycles. The van der Waals surface area contributed by atoms with Crippen molar-refractivity contribution in [2.75, 3.05) is 0 Å². The zero-order valence-corrected chi connectivity index (χ0v) is 10.6. The third-order valence-corrected chi connectivity index (χ3v) is 2.87. The van der Waals surface area contributed by atoms with Gasteiger partial charge >= 0.3 is 5.69 Å². The largest absolute Gasteiger partial charge is 0.328 e. The Hall–Kier alpha value is -2.20. The Labute approximate surface area is 110 Å². The fourth-order valence-corrected chi connectivity index (χ4v) is 1.80. The van der Waals surface area contributed by atoms with Crippen molar-refractivity contribution in [3.63, 3.8) is 0 Å². The summed E-state index contributed by atoms with van der Waals surface area (Å²) in [6.45, 7) is 0.172. The molecule has 6 nitrogen and oxygen atoms in total. The summed E-state index contributed by atoms with van der Waals surface area (Å²) in [5, 5.41) is 8.90. The number of halogens is 1. The second-order valence-corrected chi connectivity index (χ2v) is 4.34. The van der Waals surface area contributed by atoms with E-state index in [-0.39, 0.29) is 16.7 Å². The summed E-state index contributed by atoms with van der Waals surface area (Å²) in [7, 11) is 0. The number of hydrogen-bond acceptors (Lipinski definition) is 4. The fraction of sp³-hybridized carbons (Fsp3) is 0.0909. The molecule has 0 amide bonds. The quantitative estimate of drug-likeness (QED) is 0.880. The lowest BCUT2D eigenvalue weighted by molar-refractivity contribution is 0.712. The standard InChI is InChI=1S/C11H7BrN4O2/c12-8-6-16(11(18)15-10(8)17)5-7-2-1-3-14-9(7)4-13/h1-3,6H,5H2,(H,15,17,18). The Morgan fingerprint density at radius 2 is 2.28 bits per heavy atom. The van der Waals surface area contributed by atoms with Crippen molar-refractivity contribution < 1.29 is 0 Å². The Morgan fingerprint density at radius 1 is 1.50 bits per heavy atom. The topological polar surface area (TPSA) is 91.5 Å². The summed E-state index contributed by atoms with van der Waals surface area (Å²) in [6, 6.07) is 5.34. The van der Waals surface area contributed by atoms with Crippen LogP contribution in [0, 0.1) is 11.3 Å². The Kier molecular flexibility index (Phi) is 3.39. The number of nitrogens with one attached hydrogen (secondary N) is 1. The maximum atomic E-state index is 11.6. The number of hydrogen-bond donors (Lipinski definition) is 1. The molecule has 2 aromatic heterocycles. The van der Waals surface area contributed by atoms with Gasteiger partial charge in [0.25, 0.3) is 5.56 Å². The van der Waals surface area contributed by atoms with E-state index < -0.39 is 11.2 Å². The first-order valence-electron chi connectivity index (χ1n) is 4.95. The maximum absolute atomic E-state index is 11.6. The SMILES string of the molecule is N#Cc1ncccc1Cn1cc(Br)c(=O)[nH]c1=O. The molecule has 0 atom stereocenters. The van der Waals surface area contributed by atoms with Crippen LogP contribution in [0.15, 0.2) is 38.6 Å². The molecule has 0 aliphatic carbocycles. The minimum absolute atomic E-state index is 0.172. The smallest absolute Gasteiger partial charge is 0.295 e. The summed E-state index contributed by atoms with van der Waals surface area (Å²) in [6.07, 6.45) is 2.89. The molecule has 0 aliphatic rings. The molecule has 2 aromatic rings. The Bertz CT molecular complexity index is 742. The predicted molar refractivity (Wildman–Crippen MR) is 67.1 cm³/mol. The molecule has 0 aliphatic heterocycles. The molecule has 0 fully saturated rings. The van der Waals surface area contributed by atoms with Crippen molar-refractivity contribution >= 4 is 15.9 Å². The molecule has 1 N–H and O–H groups in total. The van der Waals surface area contributed by atoms with Gasteiger partial charge in [0.05, 0.1) is 11.0 Å². The molecule has 2 rings (SSSR count). The van der Waals surface area contributed by atoms with Crippen LogP contribution < -0.4 is 11.2 Å². The van der Waals surface area contributed by atoms with Gasteiger partial charge in [-0.1, -0.05) is 6.07 Å². The lowest BCUT2D eigenvalue weighted by Crippen LogP contribution is -2.30. The van der Waals surface area contributed by atoms with Gasteiger partial charge in [-0.05, 0) is 22.0 Å². The van der Waals surface area contributed by atoms with Crippen LogP contribution in [0.5, 0.6) is 0 Å². The minimum Gasteiger partial charge on any atom is -0.295 e. The van der Waals surface area contributed by atoms with Crippen LogP contribution in [-0.4, -0.2) is 14.5 Å². The zero-order valence-electron chi connectivity index (χ0n) is 9.05. The van der Waals surface area contributed by atoms with Crippen LogP contribution in [0.4, 0.5) is 0 Å². The average molecular weight is 307 g/mol. The van der Waals surface area contributed by atoms with E-state index in [9.17, 15) is 9.59 Å². The van der Waals surface area contributed by atoms with E-state index in [1.165, 1.54) is 17.0 Å². The monoisotopic (exact) mass is 306 g/mol. The van der Waals surface area contributed by atoms with Gasteiger partial charge in [0.2, 0.25) is 0 Å². The summed E-state index contributed by atoms with van der Waals surface area (Å²) < 4.78 is 1.55. The summed E-state index contributed by atoms with van der Waals surface area (Å²) in [4.78, 5) is 28.8. The number of nitrogens with zero attached hydrogens (tertiary/aromatic N) is 3. The highest BCUT2D eigenvalue weighted by Crippen LogP contribution is 2.06. The molecule has 0 radical (unpaired) electrons. The number of rotatable bonds is 2. The normalized spacial score (nSPS) is 10.0. The van der Waals surface area contributed by atoms with Crippen LogP contribution >= 0.6 is 15.9 Å². The van der Waals surface area contributed by atoms with Gasteiger partial charge in [0.15, 0.2) is 0 Å². The van der Waals surface area contributed by atoms with Gasteiger partial charge in [-0.15, -0.1) is 0 Å². The first kappa shape index (κ1) is 12.3. The van der Waals surface area contributed by atoms with Crippen LogP contribution in [-0.2, 0) is 6.54 Å². The van der Waals surface area contributed by atoms with Crippen molar-refractivity contribution in [2.45, 2.75) is 6.54 Å². The molecule has 0 saturated carbocycles. The molecule has 0 aromatic carbocycles. The molecule has 0 bridgehead atoms. The van der Waals surface area contributed by atoms with Gasteiger partial charge < -0.3 is 0 Å². The Balaban J connectivity index is 2.47. The van der Waals surface area contributed by atoms with Crippen molar-refractivity contribution in [1.29, 1.82) is 5.26 Å². The molecule has 90 valence electrons. The van der Waals surface area contributed by atoms with Crippen molar-refractivity contribution in [1.82, 2.24) is 14.5 Å². The molecule has 18 heavy (non-hydrogen) atoms. The van der Waals surface area contributed by atoms with Crippen LogP contribution in [0.1, 0.15) is 11.3 Å². The zero-order chi connectivity index (χ0) is 13.1. The number of H-pyrrole nitrogens is 1. The van der Waals surface area contributed by atoms with E-state index in [0.29, 0.717) is 5.56 Å². The van der Waals surface area contributed by atoms with Crippen molar-refractivity contribution in [3.8, 4) is 6.07 Å². The van der Waals surface area contributed by atoms with Crippen molar-refractivity contribution in [3.05, 3.63) is 61.1 Å². The minimum atomic E-state index is -0.532. The van der Waals surface area contributed by atoms with E-state index in [2.05, 4.69) is 25.9 Å². The number of pyridine rings is 1. The number of nitriles is 1. The second kappa shape index (κ2) is 4.98. The molecule has 7 heteroatoms. The summed E-state index contributed by atoms with van der Waals surface area (Å²) in [5.41, 5.74) is -0.147. The Morgan fingerprint density at radius 3 is 3.00 bits per heavy atom. The van der Waals surface area contributed by atoms with Gasteiger partial charge in [-0.25, -0.2) is 9.78 Å². The van der Waals surface area contributed by atoms with Gasteiger partial charge in [0, 0.05) is 18.0 Å². The highest BCUT2D eigenvalue weighted by atomic mass is 79.9. The third-order valence-electron chi connectivity index (χ3n) is 2.31. The van der Waals surface area contributed by atoms with Gasteiger partial charge in [-0.3, -0.25) is 14.3 Å². The van der Waals surface area contributed by atoms with Crippen molar-refractivity contribution in [2.24, 2.45) is 0 Å². The molecule has 0 unspecified atom stereocenters. The van der Waals surface area contributed by atoms with E-state index in [1.54, 1.807) is 12.1 Å². The lowest BCUT2D eigenvalue weighted by atomic mass is 10.2. The number of aromatic nitrogens is 3. The van der Waals surface area contributed by atoms with E-state index in [4.69, 9.17) is 5.26 Å². The number of aromatic amines is 1. The molecule has 0 spiro atoms. The second-order valence-electron chi connectivity index (χ2n) is 3.49. The molecular weight excluding hydrogens is 300 g/mol.